The molecule has 5 rings (SSSR count). The van der Waals surface area contributed by atoms with Crippen LogP contribution >= 0.6 is 0 Å². The zero-order valence-corrected chi connectivity index (χ0v) is 20.2. The van der Waals surface area contributed by atoms with Gasteiger partial charge in [0.05, 0.1) is 18.8 Å². The number of benzene rings is 1. The number of hydrogen-bond donors (Lipinski definition) is 2. The number of aryl methyl sites for hydroxylation is 1. The van der Waals surface area contributed by atoms with Gasteiger partial charge in [-0.3, -0.25) is 9.59 Å². The summed E-state index contributed by atoms with van der Waals surface area (Å²) in [7, 11) is 1.77. The molecule has 4 heterocycles. The van der Waals surface area contributed by atoms with E-state index in [0.717, 1.165) is 0 Å². The van der Waals surface area contributed by atoms with Crippen LogP contribution in [0.15, 0.2) is 64.0 Å². The highest BCUT2D eigenvalue weighted by Gasteiger charge is 2.24. The summed E-state index contributed by atoms with van der Waals surface area (Å²) in [5.74, 6) is 0.303. The van der Waals surface area contributed by atoms with Crippen LogP contribution in [0.2, 0.25) is 0 Å². The Labute approximate surface area is 211 Å². The van der Waals surface area contributed by atoms with E-state index in [9.17, 15) is 9.59 Å². The molecule has 0 atom stereocenters. The van der Waals surface area contributed by atoms with Gasteiger partial charge in [0.1, 0.15) is 23.5 Å². The van der Waals surface area contributed by atoms with Crippen LogP contribution in [0, 0.1) is 5.82 Å². The van der Waals surface area contributed by atoms with Crippen molar-refractivity contribution in [2.24, 2.45) is 7.05 Å². The van der Waals surface area contributed by atoms with E-state index >= 15 is 4.39 Å². The largest absolute Gasteiger partial charge is 0.366 e. The zero-order chi connectivity index (χ0) is 25.8. The van der Waals surface area contributed by atoms with Crippen LogP contribution in [0.4, 0.5) is 15.9 Å². The third-order valence-corrected chi connectivity index (χ3v) is 6.23. The number of anilines is 2. The number of hydrogen-bond acceptors (Lipinski definition) is 8. The molecule has 1 saturated heterocycles. The van der Waals surface area contributed by atoms with Crippen LogP contribution < -0.4 is 15.5 Å². The van der Waals surface area contributed by atoms with E-state index < -0.39 is 0 Å². The van der Waals surface area contributed by atoms with Crippen molar-refractivity contribution in [3.05, 3.63) is 72.2 Å². The van der Waals surface area contributed by atoms with E-state index in [1.807, 2.05) is 4.90 Å². The van der Waals surface area contributed by atoms with Crippen LogP contribution in [0.5, 0.6) is 0 Å². The summed E-state index contributed by atoms with van der Waals surface area (Å²) in [5.41, 5.74) is 2.07. The summed E-state index contributed by atoms with van der Waals surface area (Å²) in [5, 5.41) is 13.5. The van der Waals surface area contributed by atoms with Gasteiger partial charge in [-0.25, -0.2) is 4.39 Å². The lowest BCUT2D eigenvalue weighted by Gasteiger charge is -2.36. The predicted molar refractivity (Wildman–Crippen MR) is 132 cm³/mol. The first kappa shape index (κ1) is 24.1. The fourth-order valence-corrected chi connectivity index (χ4v) is 4.19. The molecule has 2 N–H and O–H groups in total. The molecule has 1 aliphatic rings. The average molecular weight is 508 g/mol. The monoisotopic (exact) mass is 507 g/mol. The van der Waals surface area contributed by atoms with Gasteiger partial charge in [-0.15, -0.1) is 0 Å². The number of aromatic nitrogens is 3. The van der Waals surface area contributed by atoms with Crippen molar-refractivity contribution in [1.82, 2.24) is 25.1 Å². The summed E-state index contributed by atoms with van der Waals surface area (Å²) >= 11 is 0. The van der Waals surface area contributed by atoms with Crippen molar-refractivity contribution < 1.29 is 23.0 Å². The molecule has 1 aliphatic heterocycles. The molecular formula is C25H26FN7O4. The number of nitrogens with zero attached hydrogens (tertiary/aromatic N) is 5. The molecule has 0 unspecified atom stereocenters. The Bertz CT molecular complexity index is 1370. The molecular weight excluding hydrogens is 481 g/mol. The van der Waals surface area contributed by atoms with Crippen molar-refractivity contribution >= 4 is 23.3 Å². The van der Waals surface area contributed by atoms with Gasteiger partial charge in [0.25, 0.3) is 5.91 Å². The minimum atomic E-state index is -0.377. The maximum atomic E-state index is 15.0. The highest BCUT2D eigenvalue weighted by atomic mass is 19.1. The molecule has 12 heteroatoms. The number of rotatable bonds is 8. The number of amides is 2. The molecule has 11 nitrogen and oxygen atoms in total. The van der Waals surface area contributed by atoms with E-state index in [2.05, 4.69) is 20.9 Å². The van der Waals surface area contributed by atoms with E-state index in [1.165, 1.54) is 12.3 Å². The van der Waals surface area contributed by atoms with Crippen molar-refractivity contribution in [2.45, 2.75) is 6.54 Å². The van der Waals surface area contributed by atoms with Crippen molar-refractivity contribution in [3.8, 4) is 11.3 Å². The Kier molecular flexibility index (Phi) is 6.88. The van der Waals surface area contributed by atoms with Crippen molar-refractivity contribution in [2.75, 3.05) is 42.9 Å². The smallest absolute Gasteiger partial charge is 0.268 e. The fraction of sp³-hybridized carbons (Fsp3) is 0.280. The third kappa shape index (κ3) is 5.47. The van der Waals surface area contributed by atoms with Crippen LogP contribution in [0.3, 0.4) is 0 Å². The molecule has 192 valence electrons. The highest BCUT2D eigenvalue weighted by molar-refractivity contribution is 5.95. The Balaban J connectivity index is 1.13. The maximum Gasteiger partial charge on any atom is 0.268 e. The van der Waals surface area contributed by atoms with Crippen LogP contribution in [0.25, 0.3) is 11.3 Å². The second kappa shape index (κ2) is 10.6. The van der Waals surface area contributed by atoms with Gasteiger partial charge in [0.15, 0.2) is 11.6 Å². The number of carbonyl (C=O) groups is 2. The first-order chi connectivity index (χ1) is 18.0. The number of nitrogens with one attached hydrogen (secondary N) is 2. The molecule has 1 fully saturated rings. The molecule has 0 spiro atoms. The van der Waals surface area contributed by atoms with E-state index in [0.29, 0.717) is 66.9 Å². The Morgan fingerprint density at radius 1 is 1.08 bits per heavy atom. The standard InChI is InChI=1S/C25H26FN7O4/c1-31-7-2-3-22(31)25(35)28-16-24(34)33-10-8-32(9-11-33)21-5-4-17(13-19(21)26)20-14-18(37-29-20)15-27-23-6-12-36-30-23/h2-7,12-14H,8-11,15-16H2,1H3,(H,27,30)(H,28,35). The normalized spacial score (nSPS) is 13.6. The van der Waals surface area contributed by atoms with E-state index in [1.54, 1.807) is 59.1 Å². The SMILES string of the molecule is Cn1cccc1C(=O)NCC(=O)N1CCN(c2ccc(-c3cc(CNc4ccon4)on3)cc2F)CC1. The zero-order valence-electron chi connectivity index (χ0n) is 20.2. The molecule has 0 aliphatic carbocycles. The fourth-order valence-electron chi connectivity index (χ4n) is 4.19. The first-order valence-electron chi connectivity index (χ1n) is 11.8. The molecule has 0 radical (unpaired) electrons. The van der Waals surface area contributed by atoms with Crippen LogP contribution in [-0.4, -0.2) is 64.3 Å². The minimum Gasteiger partial charge on any atom is -0.366 e. The highest BCUT2D eigenvalue weighted by Crippen LogP contribution is 2.27. The van der Waals surface area contributed by atoms with Gasteiger partial charge in [-0.2, -0.15) is 0 Å². The molecule has 0 saturated carbocycles. The second-order valence-corrected chi connectivity index (χ2v) is 8.64. The molecule has 0 bridgehead atoms. The summed E-state index contributed by atoms with van der Waals surface area (Å²) in [6.45, 7) is 2.11. The Hall–Kier alpha value is -4.61. The Morgan fingerprint density at radius 2 is 1.92 bits per heavy atom. The van der Waals surface area contributed by atoms with Gasteiger partial charge < -0.3 is 34.0 Å². The predicted octanol–water partition coefficient (Wildman–Crippen LogP) is 2.50. The van der Waals surface area contributed by atoms with Crippen LogP contribution in [-0.2, 0) is 18.4 Å². The summed E-state index contributed by atoms with van der Waals surface area (Å²) in [4.78, 5) is 28.4. The third-order valence-electron chi connectivity index (χ3n) is 6.23. The molecule has 3 aromatic heterocycles. The van der Waals surface area contributed by atoms with Crippen LogP contribution in [0.1, 0.15) is 16.2 Å². The summed E-state index contributed by atoms with van der Waals surface area (Å²) in [6, 6.07) is 11.8. The topological polar surface area (TPSA) is 122 Å². The van der Waals surface area contributed by atoms with Gasteiger partial charge in [0.2, 0.25) is 5.91 Å². The maximum absolute atomic E-state index is 15.0. The lowest BCUT2D eigenvalue weighted by Crippen LogP contribution is -2.51. The molecule has 37 heavy (non-hydrogen) atoms. The number of carbonyl (C=O) groups excluding carboxylic acids is 2. The number of halogens is 1. The van der Waals surface area contributed by atoms with Gasteiger partial charge in [-0.05, 0) is 24.3 Å². The van der Waals surface area contributed by atoms with Gasteiger partial charge in [0, 0.05) is 57.1 Å². The van der Waals surface area contributed by atoms with E-state index in [4.69, 9.17) is 9.05 Å². The number of piperazine rings is 1. The van der Waals surface area contributed by atoms with Crippen molar-refractivity contribution in [1.29, 1.82) is 0 Å². The molecule has 4 aromatic rings. The first-order valence-corrected chi connectivity index (χ1v) is 11.8. The second-order valence-electron chi connectivity index (χ2n) is 8.64. The summed E-state index contributed by atoms with van der Waals surface area (Å²) < 4.78 is 26.8. The minimum absolute atomic E-state index is 0.0825. The van der Waals surface area contributed by atoms with Crippen molar-refractivity contribution in [3.63, 3.8) is 0 Å². The van der Waals surface area contributed by atoms with E-state index in [-0.39, 0.29) is 24.2 Å². The Morgan fingerprint density at radius 3 is 2.62 bits per heavy atom. The van der Waals surface area contributed by atoms with Gasteiger partial charge >= 0.3 is 0 Å². The quantitative estimate of drug-likeness (QED) is 0.373. The molecule has 2 amide bonds. The molecule has 1 aromatic carbocycles. The lowest BCUT2D eigenvalue weighted by atomic mass is 10.1. The average Bonchev–Trinajstić information content (AvgIpc) is 3.68. The van der Waals surface area contributed by atoms with Gasteiger partial charge in [-0.1, -0.05) is 16.4 Å². The lowest BCUT2D eigenvalue weighted by molar-refractivity contribution is -0.130. The summed E-state index contributed by atoms with van der Waals surface area (Å²) in [6.07, 6.45) is 3.23.